The highest BCUT2D eigenvalue weighted by Crippen LogP contribution is 2.43. The minimum absolute atomic E-state index is 0.0631. The van der Waals surface area contributed by atoms with Gasteiger partial charge in [0.15, 0.2) is 11.6 Å². The Morgan fingerprint density at radius 3 is 2.39 bits per heavy atom. The summed E-state index contributed by atoms with van der Waals surface area (Å²) in [5.41, 5.74) is -0.750. The lowest BCUT2D eigenvalue weighted by Crippen LogP contribution is -2.38. The predicted molar refractivity (Wildman–Crippen MR) is 66.5 cm³/mol. The van der Waals surface area contributed by atoms with Crippen molar-refractivity contribution >= 4 is 21.9 Å². The summed E-state index contributed by atoms with van der Waals surface area (Å²) in [6, 6.07) is 2.37. The summed E-state index contributed by atoms with van der Waals surface area (Å²) >= 11 is 2.99. The summed E-state index contributed by atoms with van der Waals surface area (Å²) in [6.07, 6.45) is 3.49. The molecule has 0 spiro atoms. The number of rotatable bonds is 2. The largest absolute Gasteiger partial charge is 0.481 e. The van der Waals surface area contributed by atoms with Gasteiger partial charge in [0.1, 0.15) is 0 Å². The quantitative estimate of drug-likeness (QED) is 0.836. The van der Waals surface area contributed by atoms with Crippen molar-refractivity contribution < 1.29 is 18.7 Å². The lowest BCUT2D eigenvalue weighted by atomic mass is 9.69. The fourth-order valence-electron chi connectivity index (χ4n) is 2.65. The molecule has 1 aromatic rings. The molecule has 0 saturated heterocycles. The zero-order valence-corrected chi connectivity index (χ0v) is 11.3. The number of aliphatic carboxylic acids is 1. The van der Waals surface area contributed by atoms with Crippen LogP contribution in [0.15, 0.2) is 16.6 Å². The van der Waals surface area contributed by atoms with E-state index in [1.807, 2.05) is 0 Å². The topological polar surface area (TPSA) is 37.3 Å². The summed E-state index contributed by atoms with van der Waals surface area (Å²) in [7, 11) is 0. The fraction of sp³-hybridized carbons (Fsp3) is 0.462. The van der Waals surface area contributed by atoms with Gasteiger partial charge >= 0.3 is 5.97 Å². The van der Waals surface area contributed by atoms with Gasteiger partial charge in [-0.05, 0) is 40.4 Å². The molecule has 98 valence electrons. The van der Waals surface area contributed by atoms with Crippen LogP contribution < -0.4 is 0 Å². The number of benzene rings is 1. The monoisotopic (exact) mass is 318 g/mol. The number of hydrogen-bond donors (Lipinski definition) is 1. The Balaban J connectivity index is 2.56. The zero-order valence-electron chi connectivity index (χ0n) is 9.68. The van der Waals surface area contributed by atoms with Gasteiger partial charge in [0.05, 0.1) is 9.89 Å². The van der Waals surface area contributed by atoms with Crippen LogP contribution in [-0.4, -0.2) is 11.1 Å². The highest BCUT2D eigenvalue weighted by molar-refractivity contribution is 9.10. The van der Waals surface area contributed by atoms with E-state index in [1.165, 1.54) is 6.07 Å². The highest BCUT2D eigenvalue weighted by atomic mass is 79.9. The molecule has 0 radical (unpaired) electrons. The number of carbonyl (C=O) groups is 1. The molecule has 2 rings (SSSR count). The molecule has 0 aromatic heterocycles. The fourth-order valence-corrected chi connectivity index (χ4v) is 3.35. The van der Waals surface area contributed by atoms with E-state index in [-0.39, 0.29) is 4.47 Å². The van der Waals surface area contributed by atoms with Crippen molar-refractivity contribution in [3.8, 4) is 0 Å². The number of carboxylic acids is 1. The van der Waals surface area contributed by atoms with Crippen LogP contribution in [0, 0.1) is 11.6 Å². The standard InChI is InChI=1S/C13H13BrF2O2/c14-10-8(4-5-9(15)11(10)16)13(12(17)18)6-2-1-3-7-13/h4-5H,1-3,6-7H2,(H,17,18). The number of halogens is 3. The molecule has 1 aliphatic rings. The van der Waals surface area contributed by atoms with Gasteiger partial charge in [0.25, 0.3) is 0 Å². The molecular formula is C13H13BrF2O2. The van der Waals surface area contributed by atoms with Gasteiger partial charge in [-0.25, -0.2) is 8.78 Å². The Labute approximate surface area is 112 Å². The second-order valence-electron chi connectivity index (χ2n) is 4.67. The van der Waals surface area contributed by atoms with Crippen LogP contribution in [0.2, 0.25) is 0 Å². The van der Waals surface area contributed by atoms with E-state index in [1.54, 1.807) is 0 Å². The van der Waals surface area contributed by atoms with E-state index in [4.69, 9.17) is 0 Å². The van der Waals surface area contributed by atoms with Gasteiger partial charge < -0.3 is 5.11 Å². The molecule has 18 heavy (non-hydrogen) atoms. The molecular weight excluding hydrogens is 306 g/mol. The van der Waals surface area contributed by atoms with Crippen molar-refractivity contribution in [2.45, 2.75) is 37.5 Å². The summed E-state index contributed by atoms with van der Waals surface area (Å²) < 4.78 is 26.6. The normalized spacial score (nSPS) is 18.6. The van der Waals surface area contributed by atoms with Gasteiger partial charge in [-0.1, -0.05) is 25.3 Å². The van der Waals surface area contributed by atoms with Crippen LogP contribution in [0.3, 0.4) is 0 Å². The molecule has 0 aliphatic heterocycles. The average molecular weight is 319 g/mol. The van der Waals surface area contributed by atoms with E-state index in [9.17, 15) is 18.7 Å². The first-order valence-electron chi connectivity index (χ1n) is 5.86. The van der Waals surface area contributed by atoms with Crippen molar-refractivity contribution in [1.29, 1.82) is 0 Å². The van der Waals surface area contributed by atoms with Crippen molar-refractivity contribution in [3.05, 3.63) is 33.8 Å². The molecule has 0 unspecified atom stereocenters. The van der Waals surface area contributed by atoms with Crippen molar-refractivity contribution in [1.82, 2.24) is 0 Å². The van der Waals surface area contributed by atoms with Gasteiger partial charge in [-0.3, -0.25) is 4.79 Å². The Kier molecular flexibility index (Phi) is 3.71. The van der Waals surface area contributed by atoms with E-state index in [0.717, 1.165) is 25.3 Å². The Morgan fingerprint density at radius 2 is 1.83 bits per heavy atom. The smallest absolute Gasteiger partial charge is 0.314 e. The number of hydrogen-bond acceptors (Lipinski definition) is 1. The second kappa shape index (κ2) is 4.96. The molecule has 1 aliphatic carbocycles. The van der Waals surface area contributed by atoms with E-state index in [2.05, 4.69) is 15.9 Å². The number of carboxylic acid groups (broad SMARTS) is 1. The first-order chi connectivity index (χ1) is 8.49. The minimum atomic E-state index is -1.09. The summed E-state index contributed by atoms with van der Waals surface area (Å²) in [5, 5.41) is 9.49. The second-order valence-corrected chi connectivity index (χ2v) is 5.46. The van der Waals surface area contributed by atoms with Crippen LogP contribution in [0.4, 0.5) is 8.78 Å². The van der Waals surface area contributed by atoms with Crippen LogP contribution in [-0.2, 0) is 10.2 Å². The zero-order chi connectivity index (χ0) is 13.3. The Hall–Kier alpha value is -0.970. The van der Waals surface area contributed by atoms with Crippen LogP contribution in [0.25, 0.3) is 0 Å². The first-order valence-corrected chi connectivity index (χ1v) is 6.66. The van der Waals surface area contributed by atoms with Gasteiger partial charge in [-0.15, -0.1) is 0 Å². The van der Waals surface area contributed by atoms with E-state index in [0.29, 0.717) is 18.4 Å². The molecule has 5 heteroatoms. The lowest BCUT2D eigenvalue weighted by molar-refractivity contribution is -0.145. The molecule has 1 N–H and O–H groups in total. The third-order valence-electron chi connectivity index (χ3n) is 3.67. The van der Waals surface area contributed by atoms with Gasteiger partial charge in [0, 0.05) is 0 Å². The van der Waals surface area contributed by atoms with Crippen LogP contribution in [0.5, 0.6) is 0 Å². The maximum atomic E-state index is 13.6. The van der Waals surface area contributed by atoms with Gasteiger partial charge in [-0.2, -0.15) is 0 Å². The highest BCUT2D eigenvalue weighted by Gasteiger charge is 2.43. The van der Waals surface area contributed by atoms with Crippen molar-refractivity contribution in [2.75, 3.05) is 0 Å². The molecule has 2 nitrogen and oxygen atoms in total. The minimum Gasteiger partial charge on any atom is -0.481 e. The molecule has 0 heterocycles. The lowest BCUT2D eigenvalue weighted by Gasteiger charge is -2.34. The summed E-state index contributed by atoms with van der Waals surface area (Å²) in [5.74, 6) is -2.95. The summed E-state index contributed by atoms with van der Waals surface area (Å²) in [4.78, 5) is 11.6. The predicted octanol–water partition coefficient (Wildman–Crippen LogP) is 4.01. The molecule has 0 amide bonds. The van der Waals surface area contributed by atoms with Crippen molar-refractivity contribution in [2.24, 2.45) is 0 Å². The van der Waals surface area contributed by atoms with Crippen LogP contribution >= 0.6 is 15.9 Å². The molecule has 0 atom stereocenters. The maximum Gasteiger partial charge on any atom is 0.314 e. The van der Waals surface area contributed by atoms with Crippen LogP contribution in [0.1, 0.15) is 37.7 Å². The molecule has 1 fully saturated rings. The Bertz CT molecular complexity index is 482. The SMILES string of the molecule is O=C(O)C1(c2ccc(F)c(F)c2Br)CCCCC1. The van der Waals surface area contributed by atoms with Gasteiger partial charge in [0.2, 0.25) is 0 Å². The van der Waals surface area contributed by atoms with E-state index < -0.39 is 23.0 Å². The summed E-state index contributed by atoms with van der Waals surface area (Å²) in [6.45, 7) is 0. The molecule has 0 bridgehead atoms. The van der Waals surface area contributed by atoms with Crippen molar-refractivity contribution in [3.63, 3.8) is 0 Å². The average Bonchev–Trinajstić information content (AvgIpc) is 2.37. The first kappa shape index (κ1) is 13.5. The van der Waals surface area contributed by atoms with E-state index >= 15 is 0 Å². The molecule has 1 aromatic carbocycles. The molecule has 1 saturated carbocycles. The Morgan fingerprint density at radius 1 is 1.22 bits per heavy atom. The third-order valence-corrected chi connectivity index (χ3v) is 4.44. The third kappa shape index (κ3) is 2.05. The maximum absolute atomic E-state index is 13.6.